The number of nitrogens with one attached hydrogen (secondary N) is 1. The minimum Gasteiger partial charge on any atom is -0.465 e. The van der Waals surface area contributed by atoms with Gasteiger partial charge in [-0.3, -0.25) is 0 Å². The first kappa shape index (κ1) is 18.7. The van der Waals surface area contributed by atoms with Gasteiger partial charge in [0.15, 0.2) is 0 Å². The zero-order chi connectivity index (χ0) is 17.7. The zero-order valence-corrected chi connectivity index (χ0v) is 15.6. The van der Waals surface area contributed by atoms with E-state index in [0.29, 0.717) is 24.5 Å². The maximum Gasteiger partial charge on any atom is 0.243 e. The Hall–Kier alpha value is -1.63. The first-order chi connectivity index (χ1) is 11.4. The van der Waals surface area contributed by atoms with E-state index in [9.17, 15) is 8.42 Å². The smallest absolute Gasteiger partial charge is 0.243 e. The predicted octanol–water partition coefficient (Wildman–Crippen LogP) is 3.47. The van der Waals surface area contributed by atoms with Gasteiger partial charge in [0.25, 0.3) is 0 Å². The van der Waals surface area contributed by atoms with Gasteiger partial charge in [0.05, 0.1) is 11.4 Å². The van der Waals surface area contributed by atoms with Crippen molar-refractivity contribution in [1.82, 2.24) is 9.62 Å². The van der Waals surface area contributed by atoms with E-state index in [-0.39, 0.29) is 6.04 Å². The summed E-state index contributed by atoms with van der Waals surface area (Å²) in [6.45, 7) is 9.23. The molecule has 1 N–H and O–H groups in total. The summed E-state index contributed by atoms with van der Waals surface area (Å²) in [5.41, 5.74) is 1.04. The Morgan fingerprint density at radius 1 is 1.08 bits per heavy atom. The molecule has 0 saturated heterocycles. The highest BCUT2D eigenvalue weighted by Gasteiger charge is 2.21. The molecule has 2 aromatic rings. The van der Waals surface area contributed by atoms with Crippen LogP contribution in [0.5, 0.6) is 0 Å². The summed E-state index contributed by atoms with van der Waals surface area (Å²) >= 11 is 0. The molecular formula is C18H26N2O3S. The number of aryl methyl sites for hydroxylation is 1. The summed E-state index contributed by atoms with van der Waals surface area (Å²) in [5.74, 6) is 1.78. The standard InChI is InChI=1S/C18H26N2O3S/c1-5-20(6-2)24(21,22)18-11-8-16(9-12-18)15(4)19-13-17-10-7-14(3)23-17/h7-12,15,19H,5-6,13H2,1-4H3/t15-/m1/s1. The molecule has 1 aromatic carbocycles. The predicted molar refractivity (Wildman–Crippen MR) is 95.2 cm³/mol. The Morgan fingerprint density at radius 3 is 2.21 bits per heavy atom. The van der Waals surface area contributed by atoms with Crippen molar-refractivity contribution < 1.29 is 12.8 Å². The summed E-state index contributed by atoms with van der Waals surface area (Å²) in [4.78, 5) is 0.337. The minimum absolute atomic E-state index is 0.0978. The monoisotopic (exact) mass is 350 g/mol. The molecule has 24 heavy (non-hydrogen) atoms. The fraction of sp³-hybridized carbons (Fsp3) is 0.444. The number of sulfonamides is 1. The van der Waals surface area contributed by atoms with Gasteiger partial charge in [-0.1, -0.05) is 26.0 Å². The third-order valence-corrected chi connectivity index (χ3v) is 6.17. The lowest BCUT2D eigenvalue weighted by Gasteiger charge is -2.19. The molecule has 0 aliphatic rings. The molecule has 1 aromatic heterocycles. The van der Waals surface area contributed by atoms with Crippen LogP contribution in [0.25, 0.3) is 0 Å². The fourth-order valence-electron chi connectivity index (χ4n) is 2.59. The Morgan fingerprint density at radius 2 is 1.71 bits per heavy atom. The van der Waals surface area contributed by atoms with Crippen molar-refractivity contribution in [3.63, 3.8) is 0 Å². The first-order valence-corrected chi connectivity index (χ1v) is 9.71. The van der Waals surface area contributed by atoms with Crippen LogP contribution in [0.1, 0.15) is 43.9 Å². The number of benzene rings is 1. The molecular weight excluding hydrogens is 324 g/mol. The number of furan rings is 1. The molecule has 0 amide bonds. The van der Waals surface area contributed by atoms with Crippen LogP contribution in [0.3, 0.4) is 0 Å². The van der Waals surface area contributed by atoms with E-state index >= 15 is 0 Å². The molecule has 0 fully saturated rings. The Balaban J connectivity index is 2.05. The molecule has 0 saturated carbocycles. The van der Waals surface area contributed by atoms with Gasteiger partial charge in [0, 0.05) is 19.1 Å². The van der Waals surface area contributed by atoms with E-state index in [2.05, 4.69) is 5.32 Å². The molecule has 1 heterocycles. The maximum absolute atomic E-state index is 12.5. The Bertz CT molecular complexity index is 747. The number of hydrogen-bond acceptors (Lipinski definition) is 4. The van der Waals surface area contributed by atoms with Gasteiger partial charge in [-0.25, -0.2) is 8.42 Å². The van der Waals surface area contributed by atoms with E-state index in [1.165, 1.54) is 4.31 Å². The molecule has 5 nitrogen and oxygen atoms in total. The summed E-state index contributed by atoms with van der Waals surface area (Å²) in [6, 6.07) is 11.1. The Labute approximate surface area is 144 Å². The summed E-state index contributed by atoms with van der Waals surface area (Å²) in [6.07, 6.45) is 0. The molecule has 0 spiro atoms. The number of hydrogen-bond donors (Lipinski definition) is 1. The molecule has 0 unspecified atom stereocenters. The SMILES string of the molecule is CCN(CC)S(=O)(=O)c1ccc([C@@H](C)NCc2ccc(C)o2)cc1. The molecule has 132 valence electrons. The lowest BCUT2D eigenvalue weighted by Crippen LogP contribution is -2.30. The van der Waals surface area contributed by atoms with Crippen LogP contribution in [-0.2, 0) is 16.6 Å². The molecule has 0 bridgehead atoms. The van der Waals surface area contributed by atoms with Crippen molar-refractivity contribution in [3.8, 4) is 0 Å². The van der Waals surface area contributed by atoms with Crippen LogP contribution < -0.4 is 5.32 Å². The summed E-state index contributed by atoms with van der Waals surface area (Å²) in [5, 5.41) is 3.38. The van der Waals surface area contributed by atoms with E-state index < -0.39 is 10.0 Å². The third kappa shape index (κ3) is 4.26. The van der Waals surface area contributed by atoms with Crippen molar-refractivity contribution in [3.05, 3.63) is 53.5 Å². The number of nitrogens with zero attached hydrogens (tertiary/aromatic N) is 1. The van der Waals surface area contributed by atoms with Gasteiger partial charge in [0.2, 0.25) is 10.0 Å². The van der Waals surface area contributed by atoms with Crippen molar-refractivity contribution >= 4 is 10.0 Å². The molecule has 0 aliphatic carbocycles. The van der Waals surface area contributed by atoms with Crippen LogP contribution in [0.2, 0.25) is 0 Å². The highest BCUT2D eigenvalue weighted by molar-refractivity contribution is 7.89. The van der Waals surface area contributed by atoms with Gasteiger partial charge < -0.3 is 9.73 Å². The van der Waals surface area contributed by atoms with Crippen LogP contribution in [-0.4, -0.2) is 25.8 Å². The molecule has 0 radical (unpaired) electrons. The lowest BCUT2D eigenvalue weighted by atomic mass is 10.1. The topological polar surface area (TPSA) is 62.6 Å². The second kappa shape index (κ2) is 7.96. The van der Waals surface area contributed by atoms with E-state index in [1.54, 1.807) is 12.1 Å². The van der Waals surface area contributed by atoms with Gasteiger partial charge >= 0.3 is 0 Å². The average Bonchev–Trinajstić information content (AvgIpc) is 2.99. The van der Waals surface area contributed by atoms with Gasteiger partial charge in [-0.15, -0.1) is 0 Å². The van der Waals surface area contributed by atoms with Crippen LogP contribution >= 0.6 is 0 Å². The van der Waals surface area contributed by atoms with E-state index in [0.717, 1.165) is 17.1 Å². The highest BCUT2D eigenvalue weighted by Crippen LogP contribution is 2.20. The van der Waals surface area contributed by atoms with Crippen molar-refractivity contribution in [2.45, 2.75) is 45.2 Å². The average molecular weight is 350 g/mol. The third-order valence-electron chi connectivity index (χ3n) is 4.10. The first-order valence-electron chi connectivity index (χ1n) is 8.27. The van der Waals surface area contributed by atoms with Gasteiger partial charge in [-0.2, -0.15) is 4.31 Å². The van der Waals surface area contributed by atoms with E-state index in [4.69, 9.17) is 4.42 Å². The van der Waals surface area contributed by atoms with Crippen LogP contribution in [0.4, 0.5) is 0 Å². The molecule has 2 rings (SSSR count). The largest absolute Gasteiger partial charge is 0.465 e. The number of rotatable bonds is 8. The maximum atomic E-state index is 12.5. The molecule has 1 atom stereocenters. The van der Waals surface area contributed by atoms with Crippen molar-refractivity contribution in [1.29, 1.82) is 0 Å². The zero-order valence-electron chi connectivity index (χ0n) is 14.7. The van der Waals surface area contributed by atoms with Crippen LogP contribution in [0, 0.1) is 6.92 Å². The molecule has 0 aliphatic heterocycles. The van der Waals surface area contributed by atoms with Gasteiger partial charge in [0.1, 0.15) is 11.5 Å². The molecule has 6 heteroatoms. The van der Waals surface area contributed by atoms with Crippen molar-refractivity contribution in [2.75, 3.05) is 13.1 Å². The summed E-state index contributed by atoms with van der Waals surface area (Å²) < 4.78 is 32.0. The summed E-state index contributed by atoms with van der Waals surface area (Å²) in [7, 11) is -3.40. The second-order valence-electron chi connectivity index (χ2n) is 5.77. The van der Waals surface area contributed by atoms with Crippen molar-refractivity contribution in [2.24, 2.45) is 0 Å². The lowest BCUT2D eigenvalue weighted by molar-refractivity contribution is 0.443. The fourth-order valence-corrected chi connectivity index (χ4v) is 4.05. The quantitative estimate of drug-likeness (QED) is 0.792. The van der Waals surface area contributed by atoms with Crippen LogP contribution in [0.15, 0.2) is 45.7 Å². The second-order valence-corrected chi connectivity index (χ2v) is 7.71. The minimum atomic E-state index is -3.40. The van der Waals surface area contributed by atoms with Gasteiger partial charge in [-0.05, 0) is 43.7 Å². The Kier molecular flexibility index (Phi) is 6.21. The highest BCUT2D eigenvalue weighted by atomic mass is 32.2. The normalized spacial score (nSPS) is 13.4. The van der Waals surface area contributed by atoms with E-state index in [1.807, 2.05) is 52.0 Å².